The lowest BCUT2D eigenvalue weighted by Gasteiger charge is -2.18. The number of rotatable bonds is 5. The molecule has 3 aromatic rings. The highest BCUT2D eigenvalue weighted by molar-refractivity contribution is 5.40. The Balaban J connectivity index is 1.81. The van der Waals surface area contributed by atoms with E-state index in [2.05, 4.69) is 46.7 Å². The summed E-state index contributed by atoms with van der Waals surface area (Å²) in [6, 6.07) is 18.6. The van der Waals surface area contributed by atoms with Crippen molar-refractivity contribution in [2.45, 2.75) is 19.9 Å². The Morgan fingerprint density at radius 1 is 0.955 bits per heavy atom. The van der Waals surface area contributed by atoms with Crippen molar-refractivity contribution in [2.24, 2.45) is 0 Å². The lowest BCUT2D eigenvalue weighted by molar-refractivity contribution is 0.771. The molecule has 0 amide bonds. The van der Waals surface area contributed by atoms with Crippen molar-refractivity contribution in [3.63, 3.8) is 0 Å². The molecular formula is C17H19N5. The fourth-order valence-electron chi connectivity index (χ4n) is 2.38. The van der Waals surface area contributed by atoms with Crippen LogP contribution in [-0.4, -0.2) is 27.3 Å². The first-order valence-electron chi connectivity index (χ1n) is 7.40. The van der Waals surface area contributed by atoms with E-state index in [0.29, 0.717) is 0 Å². The molecule has 0 atom stereocenters. The zero-order valence-corrected chi connectivity index (χ0v) is 12.8. The van der Waals surface area contributed by atoms with Crippen molar-refractivity contribution in [2.75, 3.05) is 11.9 Å². The van der Waals surface area contributed by atoms with Crippen molar-refractivity contribution in [1.29, 1.82) is 0 Å². The molecule has 0 spiro atoms. The third-order valence-electron chi connectivity index (χ3n) is 3.65. The highest BCUT2D eigenvalue weighted by Crippen LogP contribution is 2.16. The maximum Gasteiger partial charge on any atom is 0.250 e. The average Bonchev–Trinajstić information content (AvgIpc) is 3.06. The van der Waals surface area contributed by atoms with E-state index >= 15 is 0 Å². The van der Waals surface area contributed by atoms with Gasteiger partial charge >= 0.3 is 0 Å². The number of aromatic nitrogens is 4. The molecule has 1 heterocycles. The highest BCUT2D eigenvalue weighted by atomic mass is 15.6. The number of para-hydroxylation sites is 1. The van der Waals surface area contributed by atoms with E-state index in [1.165, 1.54) is 11.1 Å². The molecule has 0 saturated heterocycles. The minimum Gasteiger partial charge on any atom is -0.338 e. The number of aryl methyl sites for hydroxylation is 1. The van der Waals surface area contributed by atoms with E-state index in [-0.39, 0.29) is 0 Å². The number of hydrogen-bond donors (Lipinski definition) is 0. The summed E-state index contributed by atoms with van der Waals surface area (Å²) in [6.07, 6.45) is 1.06. The van der Waals surface area contributed by atoms with Crippen molar-refractivity contribution in [3.05, 3.63) is 65.7 Å². The van der Waals surface area contributed by atoms with Crippen LogP contribution in [0.15, 0.2) is 54.6 Å². The van der Waals surface area contributed by atoms with E-state index in [1.807, 2.05) is 42.3 Å². The van der Waals surface area contributed by atoms with Gasteiger partial charge in [0, 0.05) is 13.6 Å². The van der Waals surface area contributed by atoms with Crippen molar-refractivity contribution in [3.8, 4) is 5.69 Å². The lowest BCUT2D eigenvalue weighted by atomic mass is 10.1. The van der Waals surface area contributed by atoms with Crippen LogP contribution >= 0.6 is 0 Å². The smallest absolute Gasteiger partial charge is 0.250 e. The normalized spacial score (nSPS) is 10.6. The topological polar surface area (TPSA) is 46.8 Å². The molecule has 112 valence electrons. The van der Waals surface area contributed by atoms with Crippen LogP contribution in [0.5, 0.6) is 0 Å². The summed E-state index contributed by atoms with van der Waals surface area (Å²) in [7, 11) is 2.00. The molecule has 5 heteroatoms. The molecule has 0 saturated carbocycles. The van der Waals surface area contributed by atoms with Gasteiger partial charge in [-0.05, 0) is 40.1 Å². The summed E-state index contributed by atoms with van der Waals surface area (Å²) in [5, 5.41) is 12.1. The fraction of sp³-hybridized carbons (Fsp3) is 0.235. The molecule has 0 aliphatic heterocycles. The molecule has 0 aliphatic rings. The van der Waals surface area contributed by atoms with Gasteiger partial charge in [0.1, 0.15) is 0 Å². The quantitative estimate of drug-likeness (QED) is 0.725. The first kappa shape index (κ1) is 14.3. The van der Waals surface area contributed by atoms with Crippen molar-refractivity contribution < 1.29 is 0 Å². The monoisotopic (exact) mass is 293 g/mol. The van der Waals surface area contributed by atoms with Gasteiger partial charge in [-0.1, -0.05) is 54.5 Å². The molecular weight excluding hydrogens is 274 g/mol. The van der Waals surface area contributed by atoms with Gasteiger partial charge in [0.25, 0.3) is 0 Å². The van der Waals surface area contributed by atoms with Crippen LogP contribution in [-0.2, 0) is 13.0 Å². The maximum atomic E-state index is 4.15. The number of hydrogen-bond acceptors (Lipinski definition) is 4. The summed E-state index contributed by atoms with van der Waals surface area (Å²) in [5.74, 6) is 0.728. The lowest BCUT2D eigenvalue weighted by Crippen LogP contribution is -2.20. The van der Waals surface area contributed by atoms with Gasteiger partial charge in [0.15, 0.2) is 0 Å². The molecule has 2 aromatic carbocycles. The number of tetrazole rings is 1. The molecule has 3 rings (SSSR count). The second kappa shape index (κ2) is 6.39. The molecule has 1 aromatic heterocycles. The minimum atomic E-state index is 0.728. The first-order chi connectivity index (χ1) is 10.8. The molecule has 0 N–H and O–H groups in total. The molecule has 5 nitrogen and oxygen atoms in total. The van der Waals surface area contributed by atoms with Gasteiger partial charge in [0.05, 0.1) is 5.69 Å². The van der Waals surface area contributed by atoms with Crippen LogP contribution in [0.2, 0.25) is 0 Å². The molecule has 0 fully saturated rings. The van der Waals surface area contributed by atoms with Gasteiger partial charge in [-0.3, -0.25) is 0 Å². The largest absolute Gasteiger partial charge is 0.338 e. The summed E-state index contributed by atoms with van der Waals surface area (Å²) in [6.45, 7) is 2.92. The summed E-state index contributed by atoms with van der Waals surface area (Å²) < 4.78 is 1.75. The Labute approximate surface area is 130 Å². The van der Waals surface area contributed by atoms with E-state index in [1.54, 1.807) is 4.68 Å². The standard InChI is InChI=1S/C17H19N5/c1-3-14-9-11-15(12-10-14)13-21(2)17-18-19-20-22(17)16-7-5-4-6-8-16/h4-12H,3,13H2,1-2H3. The Kier molecular flexibility index (Phi) is 4.14. The van der Waals surface area contributed by atoms with Gasteiger partial charge in [-0.15, -0.1) is 0 Å². The fourth-order valence-corrected chi connectivity index (χ4v) is 2.38. The third kappa shape index (κ3) is 2.98. The van der Waals surface area contributed by atoms with E-state index in [0.717, 1.165) is 24.6 Å². The van der Waals surface area contributed by atoms with Gasteiger partial charge in [-0.25, -0.2) is 0 Å². The van der Waals surface area contributed by atoms with Crippen LogP contribution in [0.1, 0.15) is 18.1 Å². The Morgan fingerprint density at radius 3 is 2.32 bits per heavy atom. The van der Waals surface area contributed by atoms with Gasteiger partial charge < -0.3 is 4.90 Å². The molecule has 0 aliphatic carbocycles. The van der Waals surface area contributed by atoms with Gasteiger partial charge in [-0.2, -0.15) is 4.68 Å². The van der Waals surface area contributed by atoms with Crippen LogP contribution in [0.4, 0.5) is 5.95 Å². The van der Waals surface area contributed by atoms with Crippen LogP contribution in [0.25, 0.3) is 5.69 Å². The first-order valence-corrected chi connectivity index (χ1v) is 7.40. The molecule has 0 bridgehead atoms. The second-order valence-electron chi connectivity index (χ2n) is 5.25. The second-order valence-corrected chi connectivity index (χ2v) is 5.25. The molecule has 0 unspecified atom stereocenters. The third-order valence-corrected chi connectivity index (χ3v) is 3.65. The van der Waals surface area contributed by atoms with E-state index in [4.69, 9.17) is 0 Å². The SMILES string of the molecule is CCc1ccc(CN(C)c2nnnn2-c2ccccc2)cc1. The Morgan fingerprint density at radius 2 is 1.64 bits per heavy atom. The predicted molar refractivity (Wildman–Crippen MR) is 87.1 cm³/mol. The van der Waals surface area contributed by atoms with E-state index in [9.17, 15) is 0 Å². The number of anilines is 1. The minimum absolute atomic E-state index is 0.728. The summed E-state index contributed by atoms with van der Waals surface area (Å²) in [5.41, 5.74) is 3.54. The Hall–Kier alpha value is -2.69. The average molecular weight is 293 g/mol. The number of benzene rings is 2. The molecule has 0 radical (unpaired) electrons. The van der Waals surface area contributed by atoms with Crippen LogP contribution < -0.4 is 4.90 Å². The van der Waals surface area contributed by atoms with Crippen LogP contribution in [0.3, 0.4) is 0 Å². The molecule has 22 heavy (non-hydrogen) atoms. The van der Waals surface area contributed by atoms with Crippen molar-refractivity contribution in [1.82, 2.24) is 20.2 Å². The zero-order valence-electron chi connectivity index (χ0n) is 12.8. The number of nitrogens with zero attached hydrogens (tertiary/aromatic N) is 5. The summed E-state index contributed by atoms with van der Waals surface area (Å²) in [4.78, 5) is 2.05. The Bertz CT molecular complexity index is 718. The zero-order chi connectivity index (χ0) is 15.4. The maximum absolute atomic E-state index is 4.15. The predicted octanol–water partition coefficient (Wildman–Crippen LogP) is 2.86. The van der Waals surface area contributed by atoms with E-state index < -0.39 is 0 Å². The van der Waals surface area contributed by atoms with Gasteiger partial charge in [0.2, 0.25) is 5.95 Å². The highest BCUT2D eigenvalue weighted by Gasteiger charge is 2.12. The van der Waals surface area contributed by atoms with Crippen molar-refractivity contribution >= 4 is 5.95 Å². The summed E-state index contributed by atoms with van der Waals surface area (Å²) >= 11 is 0. The van der Waals surface area contributed by atoms with Crippen LogP contribution in [0, 0.1) is 0 Å².